The van der Waals surface area contributed by atoms with Gasteiger partial charge in [0.2, 0.25) is 0 Å². The molecule has 0 radical (unpaired) electrons. The molecule has 0 aliphatic heterocycles. The summed E-state index contributed by atoms with van der Waals surface area (Å²) in [6.45, 7) is 4.51. The molecule has 0 bridgehead atoms. The number of thiophene rings is 1. The lowest BCUT2D eigenvalue weighted by molar-refractivity contribution is 0.0789. The van der Waals surface area contributed by atoms with Crippen molar-refractivity contribution in [3.05, 3.63) is 46.0 Å². The van der Waals surface area contributed by atoms with E-state index in [2.05, 4.69) is 11.2 Å². The topological polar surface area (TPSA) is 47.4 Å². The third kappa shape index (κ3) is 2.89. The average molecular weight is 343 g/mol. The molecule has 0 unspecified atom stereocenters. The minimum atomic E-state index is 0.0131. The molecule has 2 heterocycles. The molecule has 126 valence electrons. The van der Waals surface area contributed by atoms with Crippen LogP contribution in [0.5, 0.6) is 5.75 Å². The molecule has 0 atom stereocenters. The highest BCUT2D eigenvalue weighted by atomic mass is 32.1. The Kier molecular flexibility index (Phi) is 4.32. The molecule has 5 nitrogen and oxygen atoms in total. The van der Waals surface area contributed by atoms with Gasteiger partial charge in [-0.3, -0.25) is 9.48 Å². The van der Waals surface area contributed by atoms with Crippen LogP contribution in [0.2, 0.25) is 0 Å². The number of benzene rings is 1. The van der Waals surface area contributed by atoms with E-state index in [1.807, 2.05) is 50.8 Å². The maximum atomic E-state index is 12.8. The van der Waals surface area contributed by atoms with E-state index in [0.29, 0.717) is 6.54 Å². The van der Waals surface area contributed by atoms with E-state index in [0.717, 1.165) is 37.7 Å². The van der Waals surface area contributed by atoms with Gasteiger partial charge < -0.3 is 9.64 Å². The molecule has 1 amide bonds. The second-order valence-corrected chi connectivity index (χ2v) is 7.05. The molecule has 0 fully saturated rings. The molecule has 0 N–H and O–H groups in total. The SMILES string of the molecule is COc1ccc(C)cc1CN(C)C(=O)c1cc2c(C)nn(C)c2s1. The average Bonchev–Trinajstić information content (AvgIpc) is 3.09. The van der Waals surface area contributed by atoms with Crippen molar-refractivity contribution in [2.45, 2.75) is 20.4 Å². The summed E-state index contributed by atoms with van der Waals surface area (Å²) >= 11 is 1.48. The number of hydrogen-bond acceptors (Lipinski definition) is 4. The largest absolute Gasteiger partial charge is 0.496 e. The Morgan fingerprint density at radius 3 is 2.75 bits per heavy atom. The van der Waals surface area contributed by atoms with Crippen LogP contribution in [0.15, 0.2) is 24.3 Å². The Morgan fingerprint density at radius 1 is 1.33 bits per heavy atom. The Hall–Kier alpha value is -2.34. The summed E-state index contributed by atoms with van der Waals surface area (Å²) in [6.07, 6.45) is 0. The zero-order chi connectivity index (χ0) is 17.4. The maximum absolute atomic E-state index is 12.8. The summed E-state index contributed by atoms with van der Waals surface area (Å²) in [6, 6.07) is 7.94. The van der Waals surface area contributed by atoms with Crippen molar-refractivity contribution in [1.29, 1.82) is 0 Å². The van der Waals surface area contributed by atoms with E-state index in [4.69, 9.17) is 4.74 Å². The molecule has 2 aromatic heterocycles. The van der Waals surface area contributed by atoms with Gasteiger partial charge in [0.15, 0.2) is 0 Å². The first-order valence-corrected chi connectivity index (χ1v) is 8.54. The number of fused-ring (bicyclic) bond motifs is 1. The van der Waals surface area contributed by atoms with E-state index in [1.54, 1.807) is 12.0 Å². The number of hydrogen-bond donors (Lipinski definition) is 0. The van der Waals surface area contributed by atoms with E-state index in [1.165, 1.54) is 11.3 Å². The minimum absolute atomic E-state index is 0.0131. The van der Waals surface area contributed by atoms with Gasteiger partial charge in [-0.15, -0.1) is 11.3 Å². The third-order valence-electron chi connectivity index (χ3n) is 4.10. The summed E-state index contributed by atoms with van der Waals surface area (Å²) < 4.78 is 7.24. The normalized spacial score (nSPS) is 11.0. The summed E-state index contributed by atoms with van der Waals surface area (Å²) in [5.41, 5.74) is 3.10. The van der Waals surface area contributed by atoms with Crippen molar-refractivity contribution in [2.24, 2.45) is 7.05 Å². The van der Waals surface area contributed by atoms with Crippen molar-refractivity contribution in [3.63, 3.8) is 0 Å². The lowest BCUT2D eigenvalue weighted by Gasteiger charge is -2.18. The standard InChI is InChI=1S/C18H21N3O2S/c1-11-6-7-15(23-5)13(8-11)10-20(3)17(22)16-9-14-12(2)19-21(4)18(14)24-16/h6-9H,10H2,1-5H3. The van der Waals surface area contributed by atoms with Gasteiger partial charge in [0.1, 0.15) is 10.6 Å². The number of rotatable bonds is 4. The zero-order valence-electron chi connectivity index (χ0n) is 14.6. The molecule has 1 aromatic carbocycles. The molecule has 3 aromatic rings. The highest BCUT2D eigenvalue weighted by Crippen LogP contribution is 2.29. The zero-order valence-corrected chi connectivity index (χ0v) is 15.4. The molecule has 0 aliphatic rings. The van der Waals surface area contributed by atoms with E-state index in [-0.39, 0.29) is 5.91 Å². The number of aromatic nitrogens is 2. The minimum Gasteiger partial charge on any atom is -0.496 e. The van der Waals surface area contributed by atoms with Crippen molar-refractivity contribution < 1.29 is 9.53 Å². The second kappa shape index (κ2) is 6.28. The van der Waals surface area contributed by atoms with Crippen LogP contribution in [0.1, 0.15) is 26.5 Å². The van der Waals surface area contributed by atoms with Gasteiger partial charge in [-0.2, -0.15) is 5.10 Å². The fourth-order valence-electron chi connectivity index (χ4n) is 2.86. The number of nitrogens with zero attached hydrogens (tertiary/aromatic N) is 3. The third-order valence-corrected chi connectivity index (χ3v) is 5.29. The van der Waals surface area contributed by atoms with Crippen molar-refractivity contribution in [2.75, 3.05) is 14.2 Å². The number of amides is 1. The first-order chi connectivity index (χ1) is 11.4. The monoisotopic (exact) mass is 343 g/mol. The highest BCUT2D eigenvalue weighted by molar-refractivity contribution is 7.20. The molecule has 6 heteroatoms. The molecule has 0 saturated carbocycles. The molecular formula is C18H21N3O2S. The fraction of sp³-hybridized carbons (Fsp3) is 0.333. The van der Waals surface area contributed by atoms with E-state index < -0.39 is 0 Å². The van der Waals surface area contributed by atoms with Crippen molar-refractivity contribution in [3.8, 4) is 5.75 Å². The number of aryl methyl sites for hydroxylation is 3. The summed E-state index contributed by atoms with van der Waals surface area (Å²) in [5.74, 6) is 0.816. The lowest BCUT2D eigenvalue weighted by atomic mass is 10.1. The molecular weight excluding hydrogens is 322 g/mol. The van der Waals surface area contributed by atoms with Crippen LogP contribution in [-0.4, -0.2) is 34.7 Å². The summed E-state index contributed by atoms with van der Waals surface area (Å²) in [4.78, 5) is 16.3. The van der Waals surface area contributed by atoms with Crippen LogP contribution in [-0.2, 0) is 13.6 Å². The van der Waals surface area contributed by atoms with Gasteiger partial charge in [-0.05, 0) is 26.0 Å². The highest BCUT2D eigenvalue weighted by Gasteiger charge is 2.19. The van der Waals surface area contributed by atoms with Gasteiger partial charge in [0.05, 0.1) is 17.7 Å². The van der Waals surface area contributed by atoms with Crippen LogP contribution < -0.4 is 4.74 Å². The van der Waals surface area contributed by atoms with Crippen LogP contribution in [0.25, 0.3) is 10.2 Å². The van der Waals surface area contributed by atoms with Crippen LogP contribution in [0.3, 0.4) is 0 Å². The van der Waals surface area contributed by atoms with Gasteiger partial charge in [0.25, 0.3) is 5.91 Å². The molecule has 0 aliphatic carbocycles. The van der Waals surface area contributed by atoms with E-state index >= 15 is 0 Å². The van der Waals surface area contributed by atoms with Gasteiger partial charge in [-0.1, -0.05) is 17.7 Å². The second-order valence-electron chi connectivity index (χ2n) is 6.02. The van der Waals surface area contributed by atoms with Gasteiger partial charge in [-0.25, -0.2) is 0 Å². The van der Waals surface area contributed by atoms with Crippen LogP contribution in [0, 0.1) is 13.8 Å². The first kappa shape index (κ1) is 16.5. The van der Waals surface area contributed by atoms with Crippen molar-refractivity contribution in [1.82, 2.24) is 14.7 Å². The molecule has 3 rings (SSSR count). The Morgan fingerprint density at radius 2 is 2.08 bits per heavy atom. The first-order valence-electron chi connectivity index (χ1n) is 7.73. The Labute approximate surface area is 145 Å². The van der Waals surface area contributed by atoms with Crippen molar-refractivity contribution >= 4 is 27.5 Å². The smallest absolute Gasteiger partial charge is 0.264 e. The Balaban J connectivity index is 1.86. The predicted molar refractivity (Wildman–Crippen MR) is 96.9 cm³/mol. The maximum Gasteiger partial charge on any atom is 0.264 e. The number of carbonyl (C=O) groups excluding carboxylic acids is 1. The Bertz CT molecular complexity index is 876. The van der Waals surface area contributed by atoms with Gasteiger partial charge in [0, 0.05) is 31.6 Å². The summed E-state index contributed by atoms with van der Waals surface area (Å²) in [7, 11) is 5.37. The van der Waals surface area contributed by atoms with Crippen LogP contribution in [0.4, 0.5) is 0 Å². The fourth-order valence-corrected chi connectivity index (χ4v) is 3.97. The quantitative estimate of drug-likeness (QED) is 0.728. The molecule has 24 heavy (non-hydrogen) atoms. The van der Waals surface area contributed by atoms with E-state index in [9.17, 15) is 4.79 Å². The molecule has 0 spiro atoms. The number of methoxy groups -OCH3 is 1. The summed E-state index contributed by atoms with van der Waals surface area (Å²) in [5, 5.41) is 5.43. The number of carbonyl (C=O) groups is 1. The van der Waals surface area contributed by atoms with Gasteiger partial charge >= 0.3 is 0 Å². The molecule has 0 saturated heterocycles. The van der Waals surface area contributed by atoms with Crippen LogP contribution >= 0.6 is 11.3 Å². The lowest BCUT2D eigenvalue weighted by Crippen LogP contribution is -2.25. The predicted octanol–water partition coefficient (Wildman–Crippen LogP) is 3.53. The number of ether oxygens (including phenoxy) is 1.